The van der Waals surface area contributed by atoms with Crippen molar-refractivity contribution in [1.29, 1.82) is 0 Å². The fourth-order valence-electron chi connectivity index (χ4n) is 4.87. The van der Waals surface area contributed by atoms with E-state index in [9.17, 15) is 14.4 Å². The molecule has 2 aromatic carbocycles. The van der Waals surface area contributed by atoms with Crippen molar-refractivity contribution in [3.05, 3.63) is 59.7 Å². The number of hydrogen-bond acceptors (Lipinski definition) is 5. The molecule has 0 aromatic heterocycles. The number of amides is 2. The van der Waals surface area contributed by atoms with Gasteiger partial charge in [-0.3, -0.25) is 9.59 Å². The molecule has 1 saturated heterocycles. The van der Waals surface area contributed by atoms with Gasteiger partial charge in [0.25, 0.3) is 5.91 Å². The number of carbonyl (C=O) groups is 3. The lowest BCUT2D eigenvalue weighted by atomic mass is 9.98. The molecule has 0 bridgehead atoms. The van der Waals surface area contributed by atoms with Crippen LogP contribution in [-0.2, 0) is 19.1 Å². The zero-order chi connectivity index (χ0) is 24.9. The number of hydrogen-bond donors (Lipinski definition) is 2. The zero-order valence-electron chi connectivity index (χ0n) is 20.1. The van der Waals surface area contributed by atoms with Gasteiger partial charge in [-0.2, -0.15) is 0 Å². The monoisotopic (exact) mass is 480 g/mol. The number of alkyl carbamates (subject to hydrolysis) is 1. The van der Waals surface area contributed by atoms with Crippen LogP contribution in [0.25, 0.3) is 11.1 Å². The maximum absolute atomic E-state index is 12.8. The molecule has 0 spiro atoms. The van der Waals surface area contributed by atoms with Gasteiger partial charge in [0.15, 0.2) is 0 Å². The highest BCUT2D eigenvalue weighted by molar-refractivity contribution is 5.82. The van der Waals surface area contributed by atoms with E-state index in [0.717, 1.165) is 11.1 Å². The SMILES string of the molecule is CCN(CC(C)C(=O)O)C(=O)C1CCC(CNC(=O)OCC2c3ccccc3-c3ccccc32)O1. The van der Waals surface area contributed by atoms with Gasteiger partial charge in [-0.25, -0.2) is 4.79 Å². The van der Waals surface area contributed by atoms with Crippen LogP contribution in [0.2, 0.25) is 0 Å². The zero-order valence-corrected chi connectivity index (χ0v) is 20.1. The average molecular weight is 481 g/mol. The summed E-state index contributed by atoms with van der Waals surface area (Å²) in [6.07, 6.45) is -0.263. The molecule has 1 fully saturated rings. The minimum absolute atomic E-state index is 0.00824. The topological polar surface area (TPSA) is 105 Å². The molecule has 8 heteroatoms. The Labute approximate surface area is 205 Å². The van der Waals surface area contributed by atoms with Crippen LogP contribution in [0.4, 0.5) is 4.79 Å². The highest BCUT2D eigenvalue weighted by Crippen LogP contribution is 2.44. The third-order valence-corrected chi connectivity index (χ3v) is 6.81. The largest absolute Gasteiger partial charge is 0.481 e. The summed E-state index contributed by atoms with van der Waals surface area (Å²) in [5.74, 6) is -1.80. The first kappa shape index (κ1) is 24.7. The molecular formula is C27H32N2O6. The van der Waals surface area contributed by atoms with E-state index in [4.69, 9.17) is 14.6 Å². The van der Waals surface area contributed by atoms with E-state index in [2.05, 4.69) is 29.6 Å². The van der Waals surface area contributed by atoms with Gasteiger partial charge in [0, 0.05) is 25.6 Å². The Morgan fingerprint density at radius 2 is 1.71 bits per heavy atom. The van der Waals surface area contributed by atoms with Crippen molar-refractivity contribution < 1.29 is 29.0 Å². The Hall–Kier alpha value is -3.39. The second-order valence-electron chi connectivity index (χ2n) is 9.15. The van der Waals surface area contributed by atoms with E-state index in [1.54, 1.807) is 6.92 Å². The number of aliphatic carboxylic acids is 1. The number of likely N-dealkylation sites (N-methyl/N-ethyl adjacent to an activating group) is 1. The third kappa shape index (κ3) is 5.48. The minimum Gasteiger partial charge on any atom is -0.481 e. The summed E-state index contributed by atoms with van der Waals surface area (Å²) in [7, 11) is 0. The van der Waals surface area contributed by atoms with Crippen molar-refractivity contribution in [3.63, 3.8) is 0 Å². The molecule has 3 atom stereocenters. The molecule has 1 aliphatic carbocycles. The second-order valence-corrected chi connectivity index (χ2v) is 9.15. The van der Waals surface area contributed by atoms with Gasteiger partial charge in [-0.1, -0.05) is 55.5 Å². The molecule has 186 valence electrons. The number of nitrogens with zero attached hydrogens (tertiary/aromatic N) is 1. The fraction of sp³-hybridized carbons (Fsp3) is 0.444. The summed E-state index contributed by atoms with van der Waals surface area (Å²) in [6, 6.07) is 16.3. The van der Waals surface area contributed by atoms with Crippen LogP contribution in [0.3, 0.4) is 0 Å². The molecule has 1 heterocycles. The molecule has 35 heavy (non-hydrogen) atoms. The van der Waals surface area contributed by atoms with E-state index >= 15 is 0 Å². The van der Waals surface area contributed by atoms with Crippen LogP contribution >= 0.6 is 0 Å². The Morgan fingerprint density at radius 1 is 1.09 bits per heavy atom. The molecule has 4 rings (SSSR count). The number of fused-ring (bicyclic) bond motifs is 3. The van der Waals surface area contributed by atoms with Gasteiger partial charge < -0.3 is 24.8 Å². The molecule has 2 N–H and O–H groups in total. The smallest absolute Gasteiger partial charge is 0.407 e. The van der Waals surface area contributed by atoms with Gasteiger partial charge >= 0.3 is 12.1 Å². The maximum atomic E-state index is 12.8. The molecule has 8 nitrogen and oxygen atoms in total. The van der Waals surface area contributed by atoms with Crippen molar-refractivity contribution >= 4 is 18.0 Å². The standard InChI is InChI=1S/C27H32N2O6/c1-3-29(15-17(2)26(31)32)25(30)24-13-12-18(35-24)14-28-27(33)34-16-23-21-10-6-4-8-19(21)20-9-5-7-11-22(20)23/h4-11,17-18,23-24H,3,12-16H2,1-2H3,(H,28,33)(H,31,32). The van der Waals surface area contributed by atoms with Gasteiger partial charge in [0.1, 0.15) is 12.7 Å². The van der Waals surface area contributed by atoms with Gasteiger partial charge in [-0.15, -0.1) is 0 Å². The predicted molar refractivity (Wildman–Crippen MR) is 130 cm³/mol. The molecule has 0 radical (unpaired) electrons. The molecule has 2 aliphatic rings. The first-order valence-electron chi connectivity index (χ1n) is 12.1. The molecule has 2 aromatic rings. The summed E-state index contributed by atoms with van der Waals surface area (Å²) in [4.78, 5) is 37.8. The molecule has 1 aliphatic heterocycles. The van der Waals surface area contributed by atoms with Crippen molar-refractivity contribution in [2.24, 2.45) is 5.92 Å². The highest BCUT2D eigenvalue weighted by Gasteiger charge is 2.34. The molecule has 2 amide bonds. The van der Waals surface area contributed by atoms with Crippen molar-refractivity contribution in [2.75, 3.05) is 26.2 Å². The normalized spacial score (nSPS) is 19.5. The molecular weight excluding hydrogens is 448 g/mol. The van der Waals surface area contributed by atoms with Crippen LogP contribution in [0.1, 0.15) is 43.7 Å². The summed E-state index contributed by atoms with van der Waals surface area (Å²) >= 11 is 0. The van der Waals surface area contributed by atoms with E-state index in [1.165, 1.54) is 16.0 Å². The lowest BCUT2D eigenvalue weighted by Gasteiger charge is -2.26. The first-order valence-corrected chi connectivity index (χ1v) is 12.1. The van der Waals surface area contributed by atoms with E-state index in [0.29, 0.717) is 19.4 Å². The minimum atomic E-state index is -0.936. The lowest BCUT2D eigenvalue weighted by molar-refractivity contribution is -0.147. The molecule has 0 saturated carbocycles. The van der Waals surface area contributed by atoms with Gasteiger partial charge in [0.05, 0.1) is 12.0 Å². The fourth-order valence-corrected chi connectivity index (χ4v) is 4.87. The van der Waals surface area contributed by atoms with E-state index in [-0.39, 0.29) is 37.6 Å². The van der Waals surface area contributed by atoms with Gasteiger partial charge in [0.2, 0.25) is 0 Å². The number of carboxylic acid groups (broad SMARTS) is 1. The number of benzene rings is 2. The number of ether oxygens (including phenoxy) is 2. The second kappa shape index (κ2) is 10.9. The predicted octanol–water partition coefficient (Wildman–Crippen LogP) is 3.64. The summed E-state index contributed by atoms with van der Waals surface area (Å²) in [5, 5.41) is 11.9. The highest BCUT2D eigenvalue weighted by atomic mass is 16.5. The van der Waals surface area contributed by atoms with Crippen LogP contribution in [0.15, 0.2) is 48.5 Å². The quantitative estimate of drug-likeness (QED) is 0.568. The number of carboxylic acids is 1. The third-order valence-electron chi connectivity index (χ3n) is 6.81. The van der Waals surface area contributed by atoms with Crippen molar-refractivity contribution in [1.82, 2.24) is 10.2 Å². The lowest BCUT2D eigenvalue weighted by Crippen LogP contribution is -2.43. The maximum Gasteiger partial charge on any atom is 0.407 e. The van der Waals surface area contributed by atoms with Crippen LogP contribution in [-0.4, -0.2) is 66.4 Å². The van der Waals surface area contributed by atoms with Crippen molar-refractivity contribution in [2.45, 2.75) is 44.8 Å². The van der Waals surface area contributed by atoms with Crippen molar-refractivity contribution in [3.8, 4) is 11.1 Å². The van der Waals surface area contributed by atoms with Crippen LogP contribution < -0.4 is 5.32 Å². The Kier molecular flexibility index (Phi) is 7.70. The number of carbonyl (C=O) groups excluding carboxylic acids is 2. The Morgan fingerprint density at radius 3 is 2.31 bits per heavy atom. The summed E-state index contributed by atoms with van der Waals surface area (Å²) in [6.45, 7) is 4.44. The Balaban J connectivity index is 1.25. The number of rotatable bonds is 9. The van der Waals surface area contributed by atoms with E-state index in [1.807, 2.05) is 31.2 Å². The number of nitrogens with one attached hydrogen (secondary N) is 1. The van der Waals surface area contributed by atoms with Gasteiger partial charge in [-0.05, 0) is 42.0 Å². The Bertz CT molecular complexity index is 1040. The first-order chi connectivity index (χ1) is 16.9. The van der Waals surface area contributed by atoms with Crippen LogP contribution in [0, 0.1) is 5.92 Å². The average Bonchev–Trinajstić information content (AvgIpc) is 3.47. The summed E-state index contributed by atoms with van der Waals surface area (Å²) in [5.41, 5.74) is 4.65. The summed E-state index contributed by atoms with van der Waals surface area (Å²) < 4.78 is 11.4. The molecule has 3 unspecified atom stereocenters. The van der Waals surface area contributed by atoms with Crippen LogP contribution in [0.5, 0.6) is 0 Å². The van der Waals surface area contributed by atoms with E-state index < -0.39 is 24.1 Å².